The first-order valence-corrected chi connectivity index (χ1v) is 9.76. The Morgan fingerprint density at radius 1 is 1.04 bits per heavy atom. The number of primary amides is 1. The Kier molecular flexibility index (Phi) is 4.44. The van der Waals surface area contributed by atoms with Crippen molar-refractivity contribution >= 4 is 23.5 Å². The molecule has 0 spiro atoms. The normalized spacial score (nSPS) is 32.0. The molecule has 0 radical (unpaired) electrons. The smallest absolute Gasteiger partial charge is 0.312 e. The number of nitrogens with one attached hydrogen (secondary N) is 1. The van der Waals surface area contributed by atoms with Crippen molar-refractivity contribution in [3.8, 4) is 0 Å². The summed E-state index contributed by atoms with van der Waals surface area (Å²) in [6.07, 6.45) is 5.65. The predicted octanol–water partition coefficient (Wildman–Crippen LogP) is 2.87. The van der Waals surface area contributed by atoms with Crippen LogP contribution in [0.5, 0.6) is 0 Å². The molecule has 1 atom stereocenters. The molecule has 0 heterocycles. The zero-order valence-electron chi connectivity index (χ0n) is 15.6. The quantitative estimate of drug-likeness (QED) is 0.779. The topological polar surface area (TPSA) is 98.5 Å². The number of rotatable bonds is 5. The number of nitrogens with two attached hydrogens (primary N) is 1. The van der Waals surface area contributed by atoms with Crippen LogP contribution < -0.4 is 11.1 Å². The van der Waals surface area contributed by atoms with Crippen LogP contribution in [0.2, 0.25) is 0 Å². The van der Waals surface area contributed by atoms with Crippen LogP contribution in [0.1, 0.15) is 55.8 Å². The van der Waals surface area contributed by atoms with Gasteiger partial charge in [-0.15, -0.1) is 0 Å². The van der Waals surface area contributed by atoms with Crippen molar-refractivity contribution in [2.75, 3.05) is 5.32 Å². The zero-order chi connectivity index (χ0) is 19.2. The Labute approximate surface area is 158 Å². The second kappa shape index (κ2) is 6.66. The summed E-state index contributed by atoms with van der Waals surface area (Å²) in [7, 11) is 0. The molecule has 3 N–H and O–H groups in total. The van der Waals surface area contributed by atoms with Gasteiger partial charge in [0.25, 0.3) is 5.91 Å². The molecular formula is C21H26N2O4. The molecule has 1 aromatic rings. The third-order valence-corrected chi connectivity index (χ3v) is 6.56. The average Bonchev–Trinajstić information content (AvgIpc) is 2.60. The maximum Gasteiger partial charge on any atom is 0.312 e. The standard InChI is InChI=1S/C21H26N2O4/c1-12(19(25)23-17-4-2-16(3-5-17)18(22)24)27-20(26)21-9-13-6-14(10-21)8-15(7-13)11-21/h2-5,12-15H,6-11H2,1H3,(H2,22,24)(H,23,25)/t12-,13?,14?,15?,21?/m1/s1. The maximum absolute atomic E-state index is 12.9. The van der Waals surface area contributed by atoms with Gasteiger partial charge in [0.15, 0.2) is 6.10 Å². The Morgan fingerprint density at radius 3 is 2.04 bits per heavy atom. The van der Waals surface area contributed by atoms with Gasteiger partial charge in [0.1, 0.15) is 0 Å². The lowest BCUT2D eigenvalue weighted by Crippen LogP contribution is -2.51. The van der Waals surface area contributed by atoms with Crippen LogP contribution in [0.25, 0.3) is 0 Å². The molecule has 1 aromatic carbocycles. The fraction of sp³-hybridized carbons (Fsp3) is 0.571. The number of benzene rings is 1. The Morgan fingerprint density at radius 2 is 1.56 bits per heavy atom. The van der Waals surface area contributed by atoms with Gasteiger partial charge in [-0.05, 0) is 87.5 Å². The summed E-state index contributed by atoms with van der Waals surface area (Å²) in [6.45, 7) is 1.60. The lowest BCUT2D eigenvalue weighted by molar-refractivity contribution is -0.177. The van der Waals surface area contributed by atoms with Gasteiger partial charge in [0, 0.05) is 11.3 Å². The number of hydrogen-bond donors (Lipinski definition) is 2. The molecule has 27 heavy (non-hydrogen) atoms. The Hall–Kier alpha value is -2.37. The van der Waals surface area contributed by atoms with E-state index in [-0.39, 0.29) is 17.3 Å². The third-order valence-electron chi connectivity index (χ3n) is 6.56. The minimum absolute atomic E-state index is 0.201. The minimum atomic E-state index is -0.860. The number of carbonyl (C=O) groups excluding carboxylic acids is 3. The largest absolute Gasteiger partial charge is 0.452 e. The van der Waals surface area contributed by atoms with Crippen molar-refractivity contribution in [1.82, 2.24) is 0 Å². The number of amides is 2. The molecule has 0 aliphatic heterocycles. The summed E-state index contributed by atoms with van der Waals surface area (Å²) in [5.41, 5.74) is 5.74. The molecule has 0 saturated heterocycles. The van der Waals surface area contributed by atoms with E-state index < -0.39 is 12.0 Å². The zero-order valence-corrected chi connectivity index (χ0v) is 15.6. The first kappa shape index (κ1) is 18.0. The molecule has 2 amide bonds. The molecule has 6 heteroatoms. The highest BCUT2D eigenvalue weighted by Crippen LogP contribution is 2.60. The summed E-state index contributed by atoms with van der Waals surface area (Å²) in [5.74, 6) is 0.851. The number of ether oxygens (including phenoxy) is 1. The van der Waals surface area contributed by atoms with Gasteiger partial charge in [-0.2, -0.15) is 0 Å². The van der Waals surface area contributed by atoms with Gasteiger partial charge >= 0.3 is 5.97 Å². The first-order chi connectivity index (χ1) is 12.8. The van der Waals surface area contributed by atoms with Crippen LogP contribution in [0.4, 0.5) is 5.69 Å². The number of esters is 1. The number of hydrogen-bond acceptors (Lipinski definition) is 4. The molecule has 4 saturated carbocycles. The highest BCUT2D eigenvalue weighted by Gasteiger charge is 2.55. The van der Waals surface area contributed by atoms with E-state index in [1.807, 2.05) is 0 Å². The van der Waals surface area contributed by atoms with Gasteiger partial charge in [0.05, 0.1) is 5.41 Å². The molecule has 4 bridgehead atoms. The van der Waals surface area contributed by atoms with Gasteiger partial charge in [-0.1, -0.05) is 0 Å². The summed E-state index contributed by atoms with van der Waals surface area (Å²) >= 11 is 0. The fourth-order valence-corrected chi connectivity index (χ4v) is 5.66. The van der Waals surface area contributed by atoms with Crippen molar-refractivity contribution in [3.05, 3.63) is 29.8 Å². The van der Waals surface area contributed by atoms with Crippen molar-refractivity contribution in [2.45, 2.75) is 51.6 Å². The van der Waals surface area contributed by atoms with Crippen molar-refractivity contribution in [1.29, 1.82) is 0 Å². The number of carbonyl (C=O) groups is 3. The van der Waals surface area contributed by atoms with E-state index in [2.05, 4.69) is 5.32 Å². The van der Waals surface area contributed by atoms with E-state index in [1.54, 1.807) is 31.2 Å². The van der Waals surface area contributed by atoms with Gasteiger partial charge in [0.2, 0.25) is 5.91 Å². The van der Waals surface area contributed by atoms with Crippen LogP contribution in [0.3, 0.4) is 0 Å². The summed E-state index contributed by atoms with van der Waals surface area (Å²) in [5, 5.41) is 2.72. The Bertz CT molecular complexity index is 736. The molecule has 4 fully saturated rings. The molecule has 0 aromatic heterocycles. The monoisotopic (exact) mass is 370 g/mol. The predicted molar refractivity (Wildman–Crippen MR) is 99.7 cm³/mol. The van der Waals surface area contributed by atoms with Crippen LogP contribution in [0.15, 0.2) is 24.3 Å². The van der Waals surface area contributed by atoms with Crippen molar-refractivity contribution in [3.63, 3.8) is 0 Å². The van der Waals surface area contributed by atoms with E-state index >= 15 is 0 Å². The van der Waals surface area contributed by atoms with Crippen LogP contribution in [0, 0.1) is 23.2 Å². The Balaban J connectivity index is 1.37. The molecule has 4 aliphatic rings. The van der Waals surface area contributed by atoms with E-state index in [1.165, 1.54) is 19.3 Å². The lowest BCUT2D eigenvalue weighted by atomic mass is 9.49. The minimum Gasteiger partial charge on any atom is -0.452 e. The van der Waals surface area contributed by atoms with E-state index in [9.17, 15) is 14.4 Å². The second-order valence-electron chi connectivity index (χ2n) is 8.68. The highest BCUT2D eigenvalue weighted by atomic mass is 16.5. The fourth-order valence-electron chi connectivity index (χ4n) is 5.66. The summed E-state index contributed by atoms with van der Waals surface area (Å²) < 4.78 is 5.61. The van der Waals surface area contributed by atoms with E-state index in [0.717, 1.165) is 19.3 Å². The first-order valence-electron chi connectivity index (χ1n) is 9.76. The lowest BCUT2D eigenvalue weighted by Gasteiger charge is -2.55. The van der Waals surface area contributed by atoms with E-state index in [4.69, 9.17) is 10.5 Å². The van der Waals surface area contributed by atoms with Crippen molar-refractivity contribution in [2.24, 2.45) is 28.9 Å². The SMILES string of the molecule is C[C@@H](OC(=O)C12CC3CC(CC(C3)C1)C2)C(=O)Nc1ccc(C(N)=O)cc1. The van der Waals surface area contributed by atoms with Gasteiger partial charge in [-0.25, -0.2) is 0 Å². The van der Waals surface area contributed by atoms with Gasteiger partial charge in [-0.3, -0.25) is 14.4 Å². The third kappa shape index (κ3) is 3.45. The molecule has 6 nitrogen and oxygen atoms in total. The average molecular weight is 370 g/mol. The molecule has 144 valence electrons. The molecule has 4 aliphatic carbocycles. The van der Waals surface area contributed by atoms with E-state index in [0.29, 0.717) is 29.0 Å². The second-order valence-corrected chi connectivity index (χ2v) is 8.68. The van der Waals surface area contributed by atoms with Crippen LogP contribution in [-0.4, -0.2) is 23.9 Å². The molecule has 5 rings (SSSR count). The number of anilines is 1. The van der Waals surface area contributed by atoms with Crippen LogP contribution in [-0.2, 0) is 14.3 Å². The maximum atomic E-state index is 12.9. The van der Waals surface area contributed by atoms with Crippen molar-refractivity contribution < 1.29 is 19.1 Å². The summed E-state index contributed by atoms with van der Waals surface area (Å²) in [4.78, 5) is 36.4. The van der Waals surface area contributed by atoms with Gasteiger partial charge < -0.3 is 15.8 Å². The molecule has 0 unspecified atom stereocenters. The summed E-state index contributed by atoms with van der Waals surface area (Å²) in [6, 6.07) is 6.30. The van der Waals surface area contributed by atoms with Crippen LogP contribution >= 0.6 is 0 Å². The molecular weight excluding hydrogens is 344 g/mol. The highest BCUT2D eigenvalue weighted by molar-refractivity contribution is 5.97.